The summed E-state index contributed by atoms with van der Waals surface area (Å²) in [6.45, 7) is 0. The molecule has 0 unspecified atom stereocenters. The van der Waals surface area contributed by atoms with Gasteiger partial charge in [0.15, 0.2) is 12.3 Å². The molecule has 0 bridgehead atoms. The highest BCUT2D eigenvalue weighted by Gasteiger charge is 2.10. The number of anilines is 1. The van der Waals surface area contributed by atoms with Gasteiger partial charge in [0, 0.05) is 6.20 Å². The summed E-state index contributed by atoms with van der Waals surface area (Å²) in [5, 5.41) is 4.43. The number of nitrogens with zero attached hydrogens (tertiary/aromatic N) is 3. The van der Waals surface area contributed by atoms with Crippen LogP contribution >= 0.6 is 28.3 Å². The van der Waals surface area contributed by atoms with Crippen molar-refractivity contribution in [1.82, 2.24) is 14.2 Å². The average molecular weight is 263 g/mol. The van der Waals surface area contributed by atoms with Gasteiger partial charge in [0.1, 0.15) is 11.3 Å². The lowest BCUT2D eigenvalue weighted by Gasteiger charge is -1.98. The van der Waals surface area contributed by atoms with Crippen LogP contribution < -0.4 is 5.73 Å². The predicted molar refractivity (Wildman–Crippen MR) is 53.7 cm³/mol. The maximum Gasteiger partial charge on any atom is 0.188 e. The van der Waals surface area contributed by atoms with Gasteiger partial charge in [-0.1, -0.05) is 0 Å². The van der Waals surface area contributed by atoms with Gasteiger partial charge in [-0.2, -0.15) is 9.19 Å². The van der Waals surface area contributed by atoms with E-state index in [2.05, 4.69) is 26.0 Å². The van der Waals surface area contributed by atoms with E-state index in [1.165, 1.54) is 12.4 Å². The Morgan fingerprint density at radius 2 is 2.31 bits per heavy atom. The minimum atomic E-state index is 0.0200. The molecule has 0 amide bonds. The second-order valence-electron chi connectivity index (χ2n) is 2.34. The molecule has 2 N–H and O–H groups in total. The summed E-state index contributed by atoms with van der Waals surface area (Å²) in [5.41, 5.74) is 6.17. The Morgan fingerprint density at radius 1 is 1.54 bits per heavy atom. The van der Waals surface area contributed by atoms with Crippen molar-refractivity contribution in [3.8, 4) is 0 Å². The number of hydrogen-bond donors (Lipinski definition) is 1. The smallest absolute Gasteiger partial charge is 0.188 e. The van der Waals surface area contributed by atoms with Crippen LogP contribution in [0.1, 0.15) is 0 Å². The first kappa shape index (κ1) is 8.76. The third-order valence-corrected chi connectivity index (χ3v) is 2.61. The number of pyridine rings is 1. The molecule has 0 spiro atoms. The standard InChI is InChI=1S/C6H4BrFN4S/c7-4-2-10-6(9)3-1-11-12(13-8)5(3)4/h1-2H,(H2,9,10). The van der Waals surface area contributed by atoms with Gasteiger partial charge in [-0.25, -0.2) is 4.98 Å². The van der Waals surface area contributed by atoms with E-state index in [4.69, 9.17) is 5.73 Å². The molecule has 0 atom stereocenters. The maximum atomic E-state index is 12.3. The van der Waals surface area contributed by atoms with Crippen LogP contribution in [0.3, 0.4) is 0 Å². The van der Waals surface area contributed by atoms with Crippen LogP contribution in [0.25, 0.3) is 10.9 Å². The minimum Gasteiger partial charge on any atom is -0.383 e. The molecule has 2 rings (SSSR count). The second-order valence-corrected chi connectivity index (χ2v) is 3.68. The van der Waals surface area contributed by atoms with E-state index in [9.17, 15) is 3.89 Å². The topological polar surface area (TPSA) is 56.7 Å². The normalized spacial score (nSPS) is 10.9. The summed E-state index contributed by atoms with van der Waals surface area (Å²) in [6.07, 6.45) is 3.00. The van der Waals surface area contributed by atoms with E-state index < -0.39 is 0 Å². The van der Waals surface area contributed by atoms with Crippen LogP contribution in [0.2, 0.25) is 0 Å². The van der Waals surface area contributed by atoms with Gasteiger partial charge in [-0.15, -0.1) is 3.89 Å². The number of halogens is 2. The van der Waals surface area contributed by atoms with E-state index >= 15 is 0 Å². The first-order chi connectivity index (χ1) is 6.24. The molecule has 2 heterocycles. The van der Waals surface area contributed by atoms with Crippen LogP contribution in [-0.2, 0) is 0 Å². The number of hydrogen-bond acceptors (Lipinski definition) is 4. The van der Waals surface area contributed by atoms with Gasteiger partial charge >= 0.3 is 0 Å². The molecular weight excluding hydrogens is 259 g/mol. The van der Waals surface area contributed by atoms with E-state index in [-0.39, 0.29) is 12.3 Å². The van der Waals surface area contributed by atoms with E-state index in [1.54, 1.807) is 0 Å². The fourth-order valence-electron chi connectivity index (χ4n) is 1.05. The first-order valence-corrected chi connectivity index (χ1v) is 4.77. The SMILES string of the molecule is Nc1ncc(Br)c2c1cnn2SF. The number of nitrogens with two attached hydrogens (primary N) is 1. The third kappa shape index (κ3) is 1.28. The van der Waals surface area contributed by atoms with E-state index in [0.717, 1.165) is 4.09 Å². The van der Waals surface area contributed by atoms with Crippen molar-refractivity contribution in [2.45, 2.75) is 0 Å². The Hall–Kier alpha value is -0.820. The lowest BCUT2D eigenvalue weighted by Crippen LogP contribution is -1.92. The second kappa shape index (κ2) is 3.15. The highest BCUT2D eigenvalue weighted by molar-refractivity contribution is 9.10. The van der Waals surface area contributed by atoms with Gasteiger partial charge in [0.2, 0.25) is 0 Å². The molecule has 0 fully saturated rings. The van der Waals surface area contributed by atoms with Crippen molar-refractivity contribution < 1.29 is 3.89 Å². The highest BCUT2D eigenvalue weighted by Crippen LogP contribution is 2.28. The van der Waals surface area contributed by atoms with E-state index in [0.29, 0.717) is 21.2 Å². The largest absolute Gasteiger partial charge is 0.383 e. The average Bonchev–Trinajstić information content (AvgIpc) is 2.56. The molecule has 4 nitrogen and oxygen atoms in total. The van der Waals surface area contributed by atoms with Crippen molar-refractivity contribution in [3.63, 3.8) is 0 Å². The van der Waals surface area contributed by atoms with Crippen molar-refractivity contribution >= 4 is 45.0 Å². The van der Waals surface area contributed by atoms with Gasteiger partial charge in [-0.3, -0.25) is 0 Å². The van der Waals surface area contributed by atoms with Crippen LogP contribution in [0.4, 0.5) is 9.70 Å². The zero-order chi connectivity index (χ0) is 9.42. The highest BCUT2D eigenvalue weighted by atomic mass is 79.9. The summed E-state index contributed by atoms with van der Waals surface area (Å²) in [5.74, 6) is 0.346. The van der Waals surface area contributed by atoms with Crippen LogP contribution in [-0.4, -0.2) is 14.2 Å². The monoisotopic (exact) mass is 262 g/mol. The molecule has 0 saturated heterocycles. The molecule has 0 aromatic carbocycles. The lowest BCUT2D eigenvalue weighted by atomic mass is 10.3. The molecule has 0 aliphatic carbocycles. The Labute approximate surface area is 85.9 Å². The first-order valence-electron chi connectivity index (χ1n) is 3.31. The zero-order valence-electron chi connectivity index (χ0n) is 6.24. The molecule has 0 saturated carbocycles. The van der Waals surface area contributed by atoms with Crippen LogP contribution in [0.5, 0.6) is 0 Å². The molecule has 68 valence electrons. The van der Waals surface area contributed by atoms with Gasteiger partial charge in [0.25, 0.3) is 0 Å². The Morgan fingerprint density at radius 3 is 3.00 bits per heavy atom. The molecule has 0 aliphatic rings. The minimum absolute atomic E-state index is 0.0200. The Kier molecular flexibility index (Phi) is 2.12. The quantitative estimate of drug-likeness (QED) is 0.856. The van der Waals surface area contributed by atoms with Crippen molar-refractivity contribution in [1.29, 1.82) is 0 Å². The third-order valence-electron chi connectivity index (χ3n) is 1.62. The molecule has 2 aromatic rings. The predicted octanol–water partition coefficient (Wildman–Crippen LogP) is 2.16. The van der Waals surface area contributed by atoms with Crippen molar-refractivity contribution in [2.75, 3.05) is 5.73 Å². The molecule has 0 aliphatic heterocycles. The lowest BCUT2D eigenvalue weighted by molar-refractivity contribution is 0.888. The molecular formula is C6H4BrFN4S. The van der Waals surface area contributed by atoms with Crippen molar-refractivity contribution in [3.05, 3.63) is 16.9 Å². The number of nitrogen functional groups attached to an aromatic ring is 1. The fourth-order valence-corrected chi connectivity index (χ4v) is 2.00. The summed E-state index contributed by atoms with van der Waals surface area (Å²) >= 11 is 3.26. The van der Waals surface area contributed by atoms with Crippen LogP contribution in [0, 0.1) is 0 Å². The summed E-state index contributed by atoms with van der Waals surface area (Å²) in [7, 11) is 0. The fraction of sp³-hybridized carbons (Fsp3) is 0. The molecule has 13 heavy (non-hydrogen) atoms. The summed E-state index contributed by atoms with van der Waals surface area (Å²) in [4.78, 5) is 3.90. The van der Waals surface area contributed by atoms with Crippen LogP contribution in [0.15, 0.2) is 16.9 Å². The maximum absolute atomic E-state index is 12.3. The Balaban J connectivity index is 2.87. The number of fused-ring (bicyclic) bond motifs is 1. The molecule has 7 heteroatoms. The molecule has 2 aromatic heterocycles. The van der Waals surface area contributed by atoms with Gasteiger partial charge in [0.05, 0.1) is 16.1 Å². The van der Waals surface area contributed by atoms with Gasteiger partial charge < -0.3 is 5.73 Å². The summed E-state index contributed by atoms with van der Waals surface area (Å²) < 4.78 is 14.1. The number of aromatic nitrogens is 3. The van der Waals surface area contributed by atoms with Crippen molar-refractivity contribution in [2.24, 2.45) is 0 Å². The molecule has 0 radical (unpaired) electrons. The van der Waals surface area contributed by atoms with Gasteiger partial charge in [-0.05, 0) is 15.9 Å². The van der Waals surface area contributed by atoms with E-state index in [1.807, 2.05) is 0 Å². The summed E-state index contributed by atoms with van der Waals surface area (Å²) in [6, 6.07) is 0. The zero-order valence-corrected chi connectivity index (χ0v) is 8.64. The Bertz CT molecular complexity index is 457. The number of rotatable bonds is 1.